The molecule has 2 heterocycles. The largest absolute Gasteiger partial charge is 0.482 e. The fourth-order valence-corrected chi connectivity index (χ4v) is 1.64. The molecule has 4 nitrogen and oxygen atoms in total. The van der Waals surface area contributed by atoms with E-state index < -0.39 is 12.0 Å². The zero-order valence-corrected chi connectivity index (χ0v) is 8.99. The van der Waals surface area contributed by atoms with E-state index in [9.17, 15) is 8.78 Å². The van der Waals surface area contributed by atoms with Gasteiger partial charge in [-0.05, 0) is 18.7 Å². The molecule has 17 heavy (non-hydrogen) atoms. The van der Waals surface area contributed by atoms with Gasteiger partial charge in [0.05, 0.1) is 12.7 Å². The molecule has 0 saturated carbocycles. The summed E-state index contributed by atoms with van der Waals surface area (Å²) in [5.41, 5.74) is 0.231. The summed E-state index contributed by atoms with van der Waals surface area (Å²) in [4.78, 5) is 3.76. The Labute approximate surface area is 97.2 Å². The zero-order chi connectivity index (χ0) is 12.3. The molecule has 1 aliphatic heterocycles. The second-order valence-electron chi connectivity index (χ2n) is 3.82. The SMILES string of the molecule is N#Cc1ccc(OC2CCNCC2(F)F)cn1. The van der Waals surface area contributed by atoms with Crippen LogP contribution in [0.15, 0.2) is 18.3 Å². The number of hydrogen-bond acceptors (Lipinski definition) is 4. The summed E-state index contributed by atoms with van der Waals surface area (Å²) in [6, 6.07) is 4.76. The molecule has 1 fully saturated rings. The third-order valence-corrected chi connectivity index (χ3v) is 2.54. The minimum Gasteiger partial charge on any atom is -0.482 e. The normalized spacial score (nSPS) is 22.8. The van der Waals surface area contributed by atoms with Gasteiger partial charge in [-0.25, -0.2) is 13.8 Å². The number of piperidine rings is 1. The smallest absolute Gasteiger partial charge is 0.296 e. The minimum atomic E-state index is -2.88. The van der Waals surface area contributed by atoms with Crippen LogP contribution in [-0.4, -0.2) is 30.1 Å². The average Bonchev–Trinajstić information content (AvgIpc) is 2.33. The Bertz CT molecular complexity index is 427. The van der Waals surface area contributed by atoms with Gasteiger partial charge in [0.15, 0.2) is 6.10 Å². The summed E-state index contributed by atoms with van der Waals surface area (Å²) < 4.78 is 32.1. The second kappa shape index (κ2) is 4.63. The molecule has 0 radical (unpaired) electrons. The molecule has 0 spiro atoms. The van der Waals surface area contributed by atoms with Crippen LogP contribution in [0.2, 0.25) is 0 Å². The summed E-state index contributed by atoms with van der Waals surface area (Å²) in [7, 11) is 0. The molecule has 6 heteroatoms. The Morgan fingerprint density at radius 2 is 2.35 bits per heavy atom. The number of ether oxygens (including phenoxy) is 1. The van der Waals surface area contributed by atoms with Crippen LogP contribution in [0.4, 0.5) is 8.78 Å². The highest BCUT2D eigenvalue weighted by molar-refractivity contribution is 5.26. The summed E-state index contributed by atoms with van der Waals surface area (Å²) in [6.45, 7) is 0.130. The number of nitrogens with zero attached hydrogens (tertiary/aromatic N) is 2. The molecule has 1 aromatic heterocycles. The quantitative estimate of drug-likeness (QED) is 0.845. The van der Waals surface area contributed by atoms with Crippen LogP contribution in [-0.2, 0) is 0 Å². The number of halogens is 2. The number of alkyl halides is 2. The summed E-state index contributed by atoms with van der Waals surface area (Å²) in [6.07, 6.45) is 0.391. The Balaban J connectivity index is 2.06. The fourth-order valence-electron chi connectivity index (χ4n) is 1.64. The second-order valence-corrected chi connectivity index (χ2v) is 3.82. The monoisotopic (exact) mass is 239 g/mol. The first kappa shape index (κ1) is 11.7. The van der Waals surface area contributed by atoms with Gasteiger partial charge in [0.2, 0.25) is 0 Å². The van der Waals surface area contributed by atoms with E-state index in [0.717, 1.165) is 0 Å². The summed E-state index contributed by atoms with van der Waals surface area (Å²) >= 11 is 0. The van der Waals surface area contributed by atoms with E-state index in [2.05, 4.69) is 10.3 Å². The lowest BCUT2D eigenvalue weighted by molar-refractivity contribution is -0.109. The Morgan fingerprint density at radius 1 is 1.53 bits per heavy atom. The molecule has 1 saturated heterocycles. The third kappa shape index (κ3) is 2.68. The van der Waals surface area contributed by atoms with E-state index in [1.165, 1.54) is 18.3 Å². The van der Waals surface area contributed by atoms with Gasteiger partial charge < -0.3 is 10.1 Å². The summed E-state index contributed by atoms with van der Waals surface area (Å²) in [5, 5.41) is 11.2. The zero-order valence-electron chi connectivity index (χ0n) is 8.99. The van der Waals surface area contributed by atoms with Gasteiger partial charge in [-0.1, -0.05) is 0 Å². The van der Waals surface area contributed by atoms with Gasteiger partial charge >= 0.3 is 0 Å². The number of nitriles is 1. The Kier molecular flexibility index (Phi) is 3.20. The molecule has 0 bridgehead atoms. The molecule has 1 aromatic rings. The highest BCUT2D eigenvalue weighted by Gasteiger charge is 2.43. The standard InChI is InChI=1S/C11H11F2N3O/c12-11(13)7-15-4-3-10(11)17-9-2-1-8(5-14)16-6-9/h1-2,6,10,15H,3-4,7H2. The summed E-state index contributed by atoms with van der Waals surface area (Å²) in [5.74, 6) is -2.62. The van der Waals surface area contributed by atoms with Crippen LogP contribution in [0.1, 0.15) is 12.1 Å². The molecule has 1 atom stereocenters. The predicted octanol–water partition coefficient (Wildman–Crippen LogP) is 1.33. The van der Waals surface area contributed by atoms with Crippen molar-refractivity contribution in [3.8, 4) is 11.8 Å². The van der Waals surface area contributed by atoms with Crippen molar-refractivity contribution < 1.29 is 13.5 Å². The Morgan fingerprint density at radius 3 is 2.94 bits per heavy atom. The van der Waals surface area contributed by atoms with Crippen molar-refractivity contribution in [3.63, 3.8) is 0 Å². The van der Waals surface area contributed by atoms with Gasteiger partial charge in [0.25, 0.3) is 5.92 Å². The van der Waals surface area contributed by atoms with E-state index >= 15 is 0 Å². The number of pyridine rings is 1. The highest BCUT2D eigenvalue weighted by atomic mass is 19.3. The maximum absolute atomic E-state index is 13.4. The molecule has 0 amide bonds. The van der Waals surface area contributed by atoms with E-state index in [-0.39, 0.29) is 24.4 Å². The van der Waals surface area contributed by atoms with E-state index in [4.69, 9.17) is 10.00 Å². The van der Waals surface area contributed by atoms with Gasteiger partial charge in [0, 0.05) is 6.42 Å². The van der Waals surface area contributed by atoms with Crippen molar-refractivity contribution in [1.29, 1.82) is 5.26 Å². The lowest BCUT2D eigenvalue weighted by Crippen LogP contribution is -2.52. The van der Waals surface area contributed by atoms with Crippen LogP contribution in [0.25, 0.3) is 0 Å². The minimum absolute atomic E-state index is 0.231. The third-order valence-electron chi connectivity index (χ3n) is 2.54. The van der Waals surface area contributed by atoms with Crippen molar-refractivity contribution in [3.05, 3.63) is 24.0 Å². The van der Waals surface area contributed by atoms with E-state index in [1.54, 1.807) is 0 Å². The topological polar surface area (TPSA) is 57.9 Å². The maximum Gasteiger partial charge on any atom is 0.296 e. The molecule has 1 unspecified atom stereocenters. The highest BCUT2D eigenvalue weighted by Crippen LogP contribution is 2.27. The molecular weight excluding hydrogens is 228 g/mol. The maximum atomic E-state index is 13.4. The van der Waals surface area contributed by atoms with E-state index in [1.807, 2.05) is 6.07 Å². The van der Waals surface area contributed by atoms with Crippen molar-refractivity contribution in [1.82, 2.24) is 10.3 Å². The van der Waals surface area contributed by atoms with Crippen molar-refractivity contribution in [2.24, 2.45) is 0 Å². The van der Waals surface area contributed by atoms with Gasteiger partial charge in [0.1, 0.15) is 17.5 Å². The first-order valence-corrected chi connectivity index (χ1v) is 5.23. The van der Waals surface area contributed by atoms with Gasteiger partial charge in [-0.3, -0.25) is 0 Å². The molecule has 0 aromatic carbocycles. The number of aromatic nitrogens is 1. The molecular formula is C11H11F2N3O. The van der Waals surface area contributed by atoms with Crippen LogP contribution in [0, 0.1) is 11.3 Å². The average molecular weight is 239 g/mol. The lowest BCUT2D eigenvalue weighted by Gasteiger charge is -2.31. The lowest BCUT2D eigenvalue weighted by atomic mass is 10.1. The van der Waals surface area contributed by atoms with Crippen molar-refractivity contribution >= 4 is 0 Å². The van der Waals surface area contributed by atoms with Crippen LogP contribution in [0.3, 0.4) is 0 Å². The van der Waals surface area contributed by atoms with Crippen LogP contribution < -0.4 is 10.1 Å². The van der Waals surface area contributed by atoms with Gasteiger partial charge in [-0.2, -0.15) is 5.26 Å². The van der Waals surface area contributed by atoms with E-state index in [0.29, 0.717) is 6.54 Å². The molecule has 1 aliphatic rings. The van der Waals surface area contributed by atoms with Crippen LogP contribution >= 0.6 is 0 Å². The number of rotatable bonds is 2. The molecule has 1 N–H and O–H groups in total. The fraction of sp³-hybridized carbons (Fsp3) is 0.455. The van der Waals surface area contributed by atoms with Gasteiger partial charge in [-0.15, -0.1) is 0 Å². The first-order valence-electron chi connectivity index (χ1n) is 5.23. The molecule has 2 rings (SSSR count). The number of nitrogens with one attached hydrogen (secondary N) is 1. The van der Waals surface area contributed by atoms with Crippen molar-refractivity contribution in [2.75, 3.05) is 13.1 Å². The first-order chi connectivity index (χ1) is 8.12. The van der Waals surface area contributed by atoms with Crippen molar-refractivity contribution in [2.45, 2.75) is 18.4 Å². The van der Waals surface area contributed by atoms with Crippen LogP contribution in [0.5, 0.6) is 5.75 Å². The predicted molar refractivity (Wildman–Crippen MR) is 55.8 cm³/mol. The molecule has 0 aliphatic carbocycles. The number of hydrogen-bond donors (Lipinski definition) is 1. The molecule has 90 valence electrons. The Hall–Kier alpha value is -1.74.